The predicted molar refractivity (Wildman–Crippen MR) is 99.2 cm³/mol. The molecule has 1 heterocycles. The first-order chi connectivity index (χ1) is 12.8. The third-order valence-corrected chi connectivity index (χ3v) is 6.95. The fourth-order valence-electron chi connectivity index (χ4n) is 5.07. The van der Waals surface area contributed by atoms with E-state index in [1.165, 1.54) is 7.11 Å². The van der Waals surface area contributed by atoms with Gasteiger partial charge in [0.15, 0.2) is 6.10 Å². The van der Waals surface area contributed by atoms with Crippen LogP contribution in [0.4, 0.5) is 0 Å². The lowest BCUT2D eigenvalue weighted by molar-refractivity contribution is -0.205. The van der Waals surface area contributed by atoms with Gasteiger partial charge in [0.2, 0.25) is 0 Å². The van der Waals surface area contributed by atoms with Crippen molar-refractivity contribution in [3.05, 3.63) is 12.2 Å². The van der Waals surface area contributed by atoms with E-state index in [4.69, 9.17) is 14.2 Å². The quantitative estimate of drug-likeness (QED) is 0.442. The number of Topliss-reactive ketones (excluding diaryl/α,β-unsaturated/α-hetero) is 1. The van der Waals surface area contributed by atoms with Crippen LogP contribution in [0.3, 0.4) is 0 Å². The van der Waals surface area contributed by atoms with Crippen LogP contribution in [0.2, 0.25) is 0 Å². The average Bonchev–Trinajstić information content (AvgIpc) is 3.24. The van der Waals surface area contributed by atoms with Crippen molar-refractivity contribution in [1.29, 1.82) is 0 Å². The van der Waals surface area contributed by atoms with Crippen LogP contribution in [0, 0.1) is 17.3 Å². The number of carbonyl (C=O) groups is 3. The van der Waals surface area contributed by atoms with Crippen LogP contribution >= 0.6 is 0 Å². The molecule has 6 atom stereocenters. The minimum absolute atomic E-state index is 0.0616. The lowest BCUT2D eigenvalue weighted by Gasteiger charge is -2.55. The molecule has 0 amide bonds. The monoisotopic (exact) mass is 394 g/mol. The lowest BCUT2D eigenvalue weighted by Crippen LogP contribution is -2.61. The van der Waals surface area contributed by atoms with Crippen LogP contribution in [-0.2, 0) is 28.6 Å². The van der Waals surface area contributed by atoms with Crippen molar-refractivity contribution in [2.24, 2.45) is 17.3 Å². The first-order valence-electron chi connectivity index (χ1n) is 9.74. The van der Waals surface area contributed by atoms with E-state index < -0.39 is 46.7 Å². The first kappa shape index (κ1) is 21.0. The van der Waals surface area contributed by atoms with Gasteiger partial charge in [-0.25, -0.2) is 9.59 Å². The second-order valence-electron chi connectivity index (χ2n) is 9.45. The average molecular weight is 394 g/mol. The van der Waals surface area contributed by atoms with Crippen molar-refractivity contribution in [1.82, 2.24) is 0 Å². The normalized spacial score (nSPS) is 41.6. The van der Waals surface area contributed by atoms with Gasteiger partial charge in [-0.15, -0.1) is 0 Å². The van der Waals surface area contributed by atoms with Crippen LogP contribution in [0.15, 0.2) is 12.2 Å². The maximum absolute atomic E-state index is 12.7. The molecule has 0 spiro atoms. The molecule has 0 unspecified atom stereocenters. The summed E-state index contributed by atoms with van der Waals surface area (Å²) in [5.41, 5.74) is -2.19. The van der Waals surface area contributed by atoms with Gasteiger partial charge in [-0.1, -0.05) is 13.5 Å². The summed E-state index contributed by atoms with van der Waals surface area (Å²) in [7, 11) is 1.25. The van der Waals surface area contributed by atoms with Crippen molar-refractivity contribution in [2.75, 3.05) is 7.11 Å². The second-order valence-corrected chi connectivity index (χ2v) is 9.45. The number of hydrogen-bond donors (Lipinski definition) is 1. The zero-order valence-electron chi connectivity index (χ0n) is 17.2. The van der Waals surface area contributed by atoms with E-state index in [0.29, 0.717) is 12.8 Å². The van der Waals surface area contributed by atoms with Crippen LogP contribution in [0.5, 0.6) is 0 Å². The molecule has 7 nitrogen and oxygen atoms in total. The van der Waals surface area contributed by atoms with Gasteiger partial charge in [-0.2, -0.15) is 0 Å². The van der Waals surface area contributed by atoms with Crippen molar-refractivity contribution in [3.63, 3.8) is 0 Å². The van der Waals surface area contributed by atoms with Crippen LogP contribution in [0.1, 0.15) is 53.4 Å². The molecule has 0 aromatic carbocycles. The number of rotatable bonds is 4. The van der Waals surface area contributed by atoms with Crippen molar-refractivity contribution < 1.29 is 33.7 Å². The Labute approximate surface area is 165 Å². The van der Waals surface area contributed by atoms with E-state index in [-0.39, 0.29) is 30.1 Å². The molecule has 0 aromatic heterocycles. The molecule has 28 heavy (non-hydrogen) atoms. The Balaban J connectivity index is 1.80. The van der Waals surface area contributed by atoms with Crippen LogP contribution in [-0.4, -0.2) is 53.3 Å². The van der Waals surface area contributed by atoms with Gasteiger partial charge >= 0.3 is 11.9 Å². The molecule has 7 heteroatoms. The number of methoxy groups -OCH3 is 1. The summed E-state index contributed by atoms with van der Waals surface area (Å²) in [6.07, 6.45) is 0.317. The van der Waals surface area contributed by atoms with E-state index >= 15 is 0 Å². The number of fused-ring (bicyclic) bond motifs is 1. The molecule has 0 bridgehead atoms. The minimum Gasteiger partial charge on any atom is -0.466 e. The molecule has 2 aliphatic carbocycles. The third kappa shape index (κ3) is 3.39. The molecule has 2 saturated carbocycles. The van der Waals surface area contributed by atoms with Gasteiger partial charge in [0.05, 0.1) is 7.11 Å². The number of hydrogen-bond acceptors (Lipinski definition) is 7. The molecule has 3 rings (SSSR count). The number of ether oxygens (including phenoxy) is 3. The van der Waals surface area contributed by atoms with Gasteiger partial charge in [0.1, 0.15) is 23.1 Å². The Bertz CT molecular complexity index is 722. The molecular weight excluding hydrogens is 364 g/mol. The highest BCUT2D eigenvalue weighted by atomic mass is 16.7. The highest BCUT2D eigenvalue weighted by Gasteiger charge is 2.60. The van der Waals surface area contributed by atoms with Gasteiger partial charge in [-0.3, -0.25) is 4.79 Å². The number of ketones is 1. The summed E-state index contributed by atoms with van der Waals surface area (Å²) in [4.78, 5) is 37.0. The second kappa shape index (κ2) is 6.66. The molecular formula is C21H30O7. The van der Waals surface area contributed by atoms with E-state index in [2.05, 4.69) is 6.58 Å². The van der Waals surface area contributed by atoms with Crippen LogP contribution < -0.4 is 0 Å². The first-order valence-corrected chi connectivity index (χ1v) is 9.74. The largest absolute Gasteiger partial charge is 0.466 e. The molecule has 156 valence electrons. The summed E-state index contributed by atoms with van der Waals surface area (Å²) in [5.74, 6) is -2.18. The SMILES string of the molecule is C=C(C(=O)OC)[C@H]1C[C@H]2[C@](C)(CC[C@H](OC(=O)[C@H]3OC3(C)C)[C@@]2(C)O)CC1=O. The number of aliphatic hydroxyl groups is 1. The van der Waals surface area contributed by atoms with Gasteiger partial charge in [0.25, 0.3) is 0 Å². The van der Waals surface area contributed by atoms with Gasteiger partial charge in [0, 0.05) is 17.9 Å². The van der Waals surface area contributed by atoms with E-state index in [1.54, 1.807) is 6.92 Å². The maximum Gasteiger partial charge on any atom is 0.338 e. The smallest absolute Gasteiger partial charge is 0.338 e. The highest BCUT2D eigenvalue weighted by Crippen LogP contribution is 2.56. The van der Waals surface area contributed by atoms with Crippen molar-refractivity contribution in [2.45, 2.75) is 76.8 Å². The fourth-order valence-corrected chi connectivity index (χ4v) is 5.07. The number of carbonyl (C=O) groups excluding carboxylic acids is 3. The number of esters is 2. The Morgan fingerprint density at radius 3 is 2.39 bits per heavy atom. The molecule has 0 radical (unpaired) electrons. The lowest BCUT2D eigenvalue weighted by atomic mass is 9.52. The summed E-state index contributed by atoms with van der Waals surface area (Å²) in [5, 5.41) is 11.4. The number of epoxide rings is 1. The summed E-state index contributed by atoms with van der Waals surface area (Å²) >= 11 is 0. The molecule has 0 aromatic rings. The summed E-state index contributed by atoms with van der Waals surface area (Å²) in [6, 6.07) is 0. The standard InChI is InChI=1S/C21H30O7/c1-11(17(23)26-6)12-9-14-20(4,10-13(12)22)8-7-15(21(14,5)25)27-18(24)16-19(2,3)28-16/h12,14-16,25H,1,7-10H2,2-6H3/t12-,14+,15+,16-,20-,21+/m1/s1. The van der Waals surface area contributed by atoms with Gasteiger partial charge in [-0.05, 0) is 51.4 Å². The zero-order chi connectivity index (χ0) is 21.1. The Morgan fingerprint density at radius 1 is 1.25 bits per heavy atom. The van der Waals surface area contributed by atoms with Crippen molar-refractivity contribution in [3.8, 4) is 0 Å². The topological polar surface area (TPSA) is 102 Å². The Morgan fingerprint density at radius 2 is 1.86 bits per heavy atom. The molecule has 3 aliphatic rings. The van der Waals surface area contributed by atoms with E-state index in [1.807, 2.05) is 20.8 Å². The molecule has 1 aliphatic heterocycles. The van der Waals surface area contributed by atoms with E-state index in [9.17, 15) is 19.5 Å². The summed E-state index contributed by atoms with van der Waals surface area (Å²) < 4.78 is 15.7. The van der Waals surface area contributed by atoms with Crippen molar-refractivity contribution >= 4 is 17.7 Å². The molecule has 1 saturated heterocycles. The fraction of sp³-hybridized carbons (Fsp3) is 0.762. The van der Waals surface area contributed by atoms with Crippen LogP contribution in [0.25, 0.3) is 0 Å². The zero-order valence-corrected chi connectivity index (χ0v) is 17.2. The Kier molecular flexibility index (Phi) is 4.99. The predicted octanol–water partition coefficient (Wildman–Crippen LogP) is 1.95. The minimum atomic E-state index is -1.34. The Hall–Kier alpha value is -1.73. The highest BCUT2D eigenvalue weighted by molar-refractivity contribution is 5.97. The van der Waals surface area contributed by atoms with Gasteiger partial charge < -0.3 is 19.3 Å². The third-order valence-electron chi connectivity index (χ3n) is 6.95. The molecule has 1 N–H and O–H groups in total. The van der Waals surface area contributed by atoms with E-state index in [0.717, 1.165) is 0 Å². The summed E-state index contributed by atoms with van der Waals surface area (Å²) in [6.45, 7) is 11.0. The molecule has 3 fully saturated rings. The maximum atomic E-state index is 12.7.